The minimum absolute atomic E-state index is 0.215. The third-order valence-corrected chi connectivity index (χ3v) is 5.11. The normalized spacial score (nSPS) is 18.4. The number of hydrogen-bond acceptors (Lipinski definition) is 7. The van der Waals surface area contributed by atoms with Crippen LogP contribution in [0.5, 0.6) is 5.75 Å². The number of anilines is 2. The summed E-state index contributed by atoms with van der Waals surface area (Å²) in [5, 5.41) is 7.23. The molecule has 1 aliphatic rings. The smallest absolute Gasteiger partial charge is 0.297 e. The lowest BCUT2D eigenvalue weighted by Crippen LogP contribution is -2.22. The maximum Gasteiger partial charge on any atom is 0.297 e. The van der Waals surface area contributed by atoms with Crippen molar-refractivity contribution < 1.29 is 4.74 Å². The summed E-state index contributed by atoms with van der Waals surface area (Å²) in [5.41, 5.74) is 0.472. The molecular formula is C20H21ClN6O2. The molecule has 3 heterocycles. The number of nitrogens with one attached hydrogen (secondary N) is 2. The quantitative estimate of drug-likeness (QED) is 0.642. The van der Waals surface area contributed by atoms with Crippen molar-refractivity contribution in [3.05, 3.63) is 64.6 Å². The van der Waals surface area contributed by atoms with Crippen LogP contribution in [0.1, 0.15) is 19.3 Å². The van der Waals surface area contributed by atoms with Crippen molar-refractivity contribution in [3.8, 4) is 11.4 Å². The van der Waals surface area contributed by atoms with Gasteiger partial charge in [-0.1, -0.05) is 11.6 Å². The van der Waals surface area contributed by atoms with Gasteiger partial charge in [-0.25, -0.2) is 15.0 Å². The van der Waals surface area contributed by atoms with Crippen LogP contribution in [0.4, 0.5) is 11.6 Å². The van der Waals surface area contributed by atoms with Gasteiger partial charge in [-0.05, 0) is 43.5 Å². The van der Waals surface area contributed by atoms with Crippen LogP contribution in [0.15, 0.2) is 53.8 Å². The summed E-state index contributed by atoms with van der Waals surface area (Å²) in [6.45, 7) is 0. The molecule has 29 heavy (non-hydrogen) atoms. The van der Waals surface area contributed by atoms with Crippen LogP contribution in [0.25, 0.3) is 5.69 Å². The molecule has 0 radical (unpaired) electrons. The van der Waals surface area contributed by atoms with Crippen LogP contribution >= 0.6 is 11.6 Å². The number of pyridine rings is 2. The highest BCUT2D eigenvalue weighted by atomic mass is 35.5. The zero-order chi connectivity index (χ0) is 20.2. The number of ether oxygens (including phenoxy) is 1. The van der Waals surface area contributed by atoms with Gasteiger partial charge in [0.1, 0.15) is 16.8 Å². The standard InChI is InChI=1S/C20H21ClN6O2/c1-29-16-3-2-8-27(20(16)28)15-6-7-18(23-10-15)25-13-4-5-14(9-13)26-19-12-22-17(21)11-24-19/h2-3,6-8,10-14H,4-5,9H2,1H3,(H,23,25)(H,24,26)/t13-,14-/m0/s1. The van der Waals surface area contributed by atoms with E-state index >= 15 is 0 Å². The molecule has 3 aromatic heterocycles. The molecule has 0 spiro atoms. The lowest BCUT2D eigenvalue weighted by molar-refractivity contribution is 0.406. The summed E-state index contributed by atoms with van der Waals surface area (Å²) in [7, 11) is 1.48. The largest absolute Gasteiger partial charge is 0.491 e. The van der Waals surface area contributed by atoms with Crippen LogP contribution in [-0.2, 0) is 0 Å². The van der Waals surface area contributed by atoms with Crippen molar-refractivity contribution in [2.45, 2.75) is 31.3 Å². The maximum atomic E-state index is 12.3. The first-order valence-electron chi connectivity index (χ1n) is 9.35. The Kier molecular flexibility index (Phi) is 5.62. The molecule has 2 N–H and O–H groups in total. The van der Waals surface area contributed by atoms with Gasteiger partial charge in [0.05, 0.1) is 31.4 Å². The molecule has 0 saturated heterocycles. The van der Waals surface area contributed by atoms with Gasteiger partial charge in [0, 0.05) is 18.3 Å². The summed E-state index contributed by atoms with van der Waals surface area (Å²) in [6, 6.07) is 7.78. The molecule has 9 heteroatoms. The zero-order valence-electron chi connectivity index (χ0n) is 15.9. The molecule has 0 unspecified atom stereocenters. The van der Waals surface area contributed by atoms with E-state index < -0.39 is 0 Å². The highest BCUT2D eigenvalue weighted by molar-refractivity contribution is 6.29. The third kappa shape index (κ3) is 4.48. The van der Waals surface area contributed by atoms with Crippen LogP contribution in [0.3, 0.4) is 0 Å². The molecule has 2 atom stereocenters. The molecule has 8 nitrogen and oxygen atoms in total. The topological polar surface area (TPSA) is 94.0 Å². The van der Waals surface area contributed by atoms with Crippen LogP contribution in [0.2, 0.25) is 5.15 Å². The summed E-state index contributed by atoms with van der Waals surface area (Å²) >= 11 is 5.77. The lowest BCUT2D eigenvalue weighted by Gasteiger charge is -2.16. The van der Waals surface area contributed by atoms with E-state index in [0.717, 1.165) is 30.9 Å². The summed E-state index contributed by atoms with van der Waals surface area (Å²) < 4.78 is 6.60. The Morgan fingerprint density at radius 3 is 2.45 bits per heavy atom. The predicted octanol–water partition coefficient (Wildman–Crippen LogP) is 3.13. The Balaban J connectivity index is 1.37. The molecule has 1 aliphatic carbocycles. The monoisotopic (exact) mass is 412 g/mol. The van der Waals surface area contributed by atoms with E-state index in [9.17, 15) is 4.79 Å². The van der Waals surface area contributed by atoms with Crippen molar-refractivity contribution in [2.24, 2.45) is 0 Å². The van der Waals surface area contributed by atoms with E-state index in [-0.39, 0.29) is 5.56 Å². The van der Waals surface area contributed by atoms with Gasteiger partial charge < -0.3 is 15.4 Å². The Bertz CT molecular complexity index is 1020. The number of nitrogens with zero attached hydrogens (tertiary/aromatic N) is 4. The van der Waals surface area contributed by atoms with Crippen molar-refractivity contribution in [3.63, 3.8) is 0 Å². The average molecular weight is 413 g/mol. The molecular weight excluding hydrogens is 392 g/mol. The van der Waals surface area contributed by atoms with Gasteiger partial charge in [0.15, 0.2) is 5.75 Å². The second kappa shape index (κ2) is 8.48. The predicted molar refractivity (Wildman–Crippen MR) is 112 cm³/mol. The first-order chi connectivity index (χ1) is 14.1. The Morgan fingerprint density at radius 2 is 1.79 bits per heavy atom. The van der Waals surface area contributed by atoms with Gasteiger partial charge in [-0.3, -0.25) is 9.36 Å². The number of hydrogen-bond donors (Lipinski definition) is 2. The van der Waals surface area contributed by atoms with Gasteiger partial charge in [0.2, 0.25) is 0 Å². The third-order valence-electron chi connectivity index (χ3n) is 4.92. The SMILES string of the molecule is COc1cccn(-c2ccc(N[C@H]3CC[C@H](Nc4cnc(Cl)cn4)C3)nc2)c1=O. The van der Waals surface area contributed by atoms with E-state index in [1.54, 1.807) is 30.7 Å². The fraction of sp³-hybridized carbons (Fsp3) is 0.300. The number of rotatable bonds is 6. The van der Waals surface area contributed by atoms with E-state index in [2.05, 4.69) is 25.6 Å². The van der Waals surface area contributed by atoms with E-state index in [4.69, 9.17) is 16.3 Å². The molecule has 0 aliphatic heterocycles. The zero-order valence-corrected chi connectivity index (χ0v) is 16.6. The number of methoxy groups -OCH3 is 1. The average Bonchev–Trinajstić information content (AvgIpc) is 3.17. The van der Waals surface area contributed by atoms with Gasteiger partial charge >= 0.3 is 0 Å². The maximum absolute atomic E-state index is 12.3. The molecule has 4 rings (SSSR count). The lowest BCUT2D eigenvalue weighted by atomic mass is 10.2. The van der Waals surface area contributed by atoms with Gasteiger partial charge in [0.25, 0.3) is 5.56 Å². The van der Waals surface area contributed by atoms with Crippen molar-refractivity contribution in [1.82, 2.24) is 19.5 Å². The molecule has 0 aromatic carbocycles. The van der Waals surface area contributed by atoms with E-state index in [1.807, 2.05) is 12.1 Å². The minimum Gasteiger partial charge on any atom is -0.491 e. The molecule has 1 fully saturated rings. The first kappa shape index (κ1) is 19.2. The summed E-state index contributed by atoms with van der Waals surface area (Å²) in [6.07, 6.45) is 9.55. The van der Waals surface area contributed by atoms with Gasteiger partial charge in [-0.15, -0.1) is 0 Å². The summed E-state index contributed by atoms with van der Waals surface area (Å²) in [4.78, 5) is 25.1. The number of halogens is 1. The Labute approximate surface area is 172 Å². The molecule has 3 aromatic rings. The molecule has 0 bridgehead atoms. The van der Waals surface area contributed by atoms with Crippen molar-refractivity contribution in [2.75, 3.05) is 17.7 Å². The summed E-state index contributed by atoms with van der Waals surface area (Å²) in [5.74, 6) is 1.80. The fourth-order valence-electron chi connectivity index (χ4n) is 3.50. The first-order valence-corrected chi connectivity index (χ1v) is 9.73. The Hall–Kier alpha value is -3.13. The van der Waals surface area contributed by atoms with E-state index in [1.165, 1.54) is 17.9 Å². The minimum atomic E-state index is -0.215. The number of aromatic nitrogens is 4. The second-order valence-corrected chi connectivity index (χ2v) is 7.26. The van der Waals surface area contributed by atoms with Crippen LogP contribution in [0, 0.1) is 0 Å². The van der Waals surface area contributed by atoms with Gasteiger partial charge in [-0.2, -0.15) is 0 Å². The van der Waals surface area contributed by atoms with Crippen molar-refractivity contribution in [1.29, 1.82) is 0 Å². The molecule has 1 saturated carbocycles. The second-order valence-electron chi connectivity index (χ2n) is 6.87. The molecule has 150 valence electrons. The Morgan fingerprint density at radius 1 is 1.03 bits per heavy atom. The molecule has 0 amide bonds. The van der Waals surface area contributed by atoms with Crippen molar-refractivity contribution >= 4 is 23.2 Å². The van der Waals surface area contributed by atoms with E-state index in [0.29, 0.717) is 28.7 Å². The fourth-order valence-corrected chi connectivity index (χ4v) is 3.59. The van der Waals surface area contributed by atoms with Crippen LogP contribution in [-0.4, -0.2) is 38.7 Å². The highest BCUT2D eigenvalue weighted by Gasteiger charge is 2.25. The van der Waals surface area contributed by atoms with Crippen LogP contribution < -0.4 is 20.9 Å². The highest BCUT2D eigenvalue weighted by Crippen LogP contribution is 2.25.